The van der Waals surface area contributed by atoms with Crippen LogP contribution in [0.4, 0.5) is 0 Å². The molecule has 0 unspecified atom stereocenters. The molecule has 1 aliphatic heterocycles. The van der Waals surface area contributed by atoms with Crippen molar-refractivity contribution in [1.82, 2.24) is 0 Å². The average molecular weight is 369 g/mol. The first-order valence-corrected chi connectivity index (χ1v) is 8.56. The zero-order valence-electron chi connectivity index (χ0n) is 12.5. The maximum absolute atomic E-state index is 12.4. The number of Topliss-reactive ketones (excluding diaryl/α,β-unsaturated/α-hetero) is 1. The van der Waals surface area contributed by atoms with Crippen LogP contribution in [-0.2, 0) is 19.1 Å². The molecule has 24 heavy (non-hydrogen) atoms. The first kappa shape index (κ1) is 15.9. The van der Waals surface area contributed by atoms with Crippen LogP contribution in [0.3, 0.4) is 0 Å². The minimum Gasteiger partial charge on any atom is -0.462 e. The van der Waals surface area contributed by atoms with Gasteiger partial charge in [0.1, 0.15) is 6.10 Å². The van der Waals surface area contributed by atoms with Gasteiger partial charge in [-0.15, -0.1) is 0 Å². The summed E-state index contributed by atoms with van der Waals surface area (Å²) in [6, 6.07) is 4.51. The molecule has 5 atom stereocenters. The quantitative estimate of drug-likeness (QED) is 0.603. The van der Waals surface area contributed by atoms with Crippen LogP contribution in [0, 0.1) is 23.7 Å². The number of halogens is 2. The van der Waals surface area contributed by atoms with Gasteiger partial charge in [-0.1, -0.05) is 23.2 Å². The number of benzene rings is 1. The number of hydrogen-bond acceptors (Lipinski definition) is 5. The molecule has 2 aliphatic carbocycles. The molecular formula is C17H14Cl2O5. The summed E-state index contributed by atoms with van der Waals surface area (Å²) in [6.07, 6.45) is 1.49. The molecule has 126 valence electrons. The smallest absolute Gasteiger partial charge is 0.310 e. The minimum absolute atomic E-state index is 0.0361. The Morgan fingerprint density at radius 3 is 2.79 bits per heavy atom. The fourth-order valence-corrected chi connectivity index (χ4v) is 4.87. The van der Waals surface area contributed by atoms with Crippen LogP contribution in [0.5, 0.6) is 0 Å². The van der Waals surface area contributed by atoms with Crippen LogP contribution < -0.4 is 0 Å². The van der Waals surface area contributed by atoms with Crippen LogP contribution in [-0.4, -0.2) is 30.4 Å². The van der Waals surface area contributed by atoms with Crippen LogP contribution in [0.25, 0.3) is 0 Å². The Kier molecular flexibility index (Phi) is 3.81. The summed E-state index contributed by atoms with van der Waals surface area (Å²) in [4.78, 5) is 36.5. The molecule has 1 aromatic rings. The van der Waals surface area contributed by atoms with E-state index in [4.69, 9.17) is 32.7 Å². The molecule has 1 saturated heterocycles. The van der Waals surface area contributed by atoms with Gasteiger partial charge in [-0.3, -0.25) is 14.4 Å². The van der Waals surface area contributed by atoms with Gasteiger partial charge in [0.2, 0.25) is 5.78 Å². The summed E-state index contributed by atoms with van der Waals surface area (Å²) in [5.41, 5.74) is 0.252. The third-order valence-corrected chi connectivity index (χ3v) is 5.88. The normalized spacial score (nSPS) is 32.8. The molecule has 4 rings (SSSR count). The molecule has 3 aliphatic rings. The van der Waals surface area contributed by atoms with Crippen LogP contribution in [0.1, 0.15) is 23.2 Å². The third-order valence-electron chi connectivity index (χ3n) is 5.33. The number of esters is 2. The highest BCUT2D eigenvalue weighted by Gasteiger charge is 2.64. The molecule has 2 bridgehead atoms. The van der Waals surface area contributed by atoms with E-state index in [1.165, 1.54) is 12.1 Å². The molecule has 0 spiro atoms. The highest BCUT2D eigenvalue weighted by molar-refractivity contribution is 6.36. The van der Waals surface area contributed by atoms with Gasteiger partial charge in [0.25, 0.3) is 0 Å². The Hall–Kier alpha value is -1.59. The summed E-state index contributed by atoms with van der Waals surface area (Å²) < 4.78 is 10.5. The predicted octanol–water partition coefficient (Wildman–Crippen LogP) is 2.92. The van der Waals surface area contributed by atoms with Gasteiger partial charge in [-0.2, -0.15) is 0 Å². The fourth-order valence-electron chi connectivity index (χ4n) is 4.35. The fraction of sp³-hybridized carbons (Fsp3) is 0.471. The minimum atomic E-state index is -0.497. The molecule has 1 aromatic carbocycles. The Labute approximate surface area is 148 Å². The molecule has 5 nitrogen and oxygen atoms in total. The number of carbonyl (C=O) groups excluding carboxylic acids is 3. The van der Waals surface area contributed by atoms with Gasteiger partial charge < -0.3 is 9.47 Å². The Bertz CT molecular complexity index is 744. The van der Waals surface area contributed by atoms with Crippen molar-refractivity contribution >= 4 is 40.9 Å². The van der Waals surface area contributed by atoms with E-state index in [0.717, 1.165) is 6.42 Å². The van der Waals surface area contributed by atoms with Crippen LogP contribution in [0.15, 0.2) is 18.2 Å². The lowest BCUT2D eigenvalue weighted by molar-refractivity contribution is -0.154. The summed E-state index contributed by atoms with van der Waals surface area (Å²) in [5, 5.41) is 0.635. The first-order valence-electron chi connectivity index (χ1n) is 7.81. The standard InChI is InChI=1S/C17H14Cl2O5/c18-8-1-2-9(11(19)5-8)12(20)6-23-16(21)14-7-3-10-13(4-7)24-17(22)15(10)14/h1-2,5,7,10,13-15H,3-4,6H2/t7-,10+,13-,14+,15+/m1/s1. The highest BCUT2D eigenvalue weighted by Crippen LogP contribution is 2.57. The van der Waals surface area contributed by atoms with E-state index in [1.807, 2.05) is 0 Å². The van der Waals surface area contributed by atoms with E-state index >= 15 is 0 Å². The lowest BCUT2D eigenvalue weighted by atomic mass is 9.80. The molecule has 3 fully saturated rings. The second kappa shape index (κ2) is 5.74. The molecular weight excluding hydrogens is 355 g/mol. The lowest BCUT2D eigenvalue weighted by Crippen LogP contribution is -2.34. The Morgan fingerprint density at radius 1 is 1.25 bits per heavy atom. The van der Waals surface area contributed by atoms with E-state index in [0.29, 0.717) is 11.4 Å². The van der Waals surface area contributed by atoms with Crippen LogP contribution in [0.2, 0.25) is 10.0 Å². The summed E-state index contributed by atoms with van der Waals surface area (Å²) in [5.74, 6) is -1.87. The molecule has 0 N–H and O–H groups in total. The second-order valence-electron chi connectivity index (χ2n) is 6.58. The number of carbonyl (C=O) groups is 3. The maximum Gasteiger partial charge on any atom is 0.310 e. The zero-order valence-corrected chi connectivity index (χ0v) is 14.0. The molecule has 7 heteroatoms. The van der Waals surface area contributed by atoms with Gasteiger partial charge in [0.15, 0.2) is 6.61 Å². The topological polar surface area (TPSA) is 69.7 Å². The number of hydrogen-bond donors (Lipinski definition) is 0. The lowest BCUT2D eigenvalue weighted by Gasteiger charge is -2.22. The number of rotatable bonds is 4. The van der Waals surface area contributed by atoms with Gasteiger partial charge in [0.05, 0.1) is 16.9 Å². The summed E-state index contributed by atoms with van der Waals surface area (Å²) >= 11 is 11.8. The number of ketones is 1. The average Bonchev–Trinajstić information content (AvgIpc) is 3.14. The Morgan fingerprint density at radius 2 is 2.04 bits per heavy atom. The predicted molar refractivity (Wildman–Crippen MR) is 84.8 cm³/mol. The van der Waals surface area contributed by atoms with Crippen molar-refractivity contribution in [2.24, 2.45) is 23.7 Å². The third kappa shape index (κ3) is 2.42. The van der Waals surface area contributed by atoms with Crippen molar-refractivity contribution < 1.29 is 23.9 Å². The van der Waals surface area contributed by atoms with E-state index in [-0.39, 0.29) is 34.5 Å². The first-order chi connectivity index (χ1) is 11.5. The van der Waals surface area contributed by atoms with Gasteiger partial charge in [-0.05, 0) is 37.0 Å². The number of ether oxygens (including phenoxy) is 2. The Balaban J connectivity index is 1.42. The highest BCUT2D eigenvalue weighted by atomic mass is 35.5. The molecule has 0 aromatic heterocycles. The van der Waals surface area contributed by atoms with Gasteiger partial charge >= 0.3 is 11.9 Å². The van der Waals surface area contributed by atoms with Crippen molar-refractivity contribution in [3.8, 4) is 0 Å². The van der Waals surface area contributed by atoms with Crippen molar-refractivity contribution in [2.45, 2.75) is 18.9 Å². The zero-order chi connectivity index (χ0) is 17.0. The second-order valence-corrected chi connectivity index (χ2v) is 7.42. The largest absolute Gasteiger partial charge is 0.462 e. The monoisotopic (exact) mass is 368 g/mol. The van der Waals surface area contributed by atoms with E-state index < -0.39 is 30.2 Å². The van der Waals surface area contributed by atoms with Crippen molar-refractivity contribution in [3.63, 3.8) is 0 Å². The van der Waals surface area contributed by atoms with Crippen molar-refractivity contribution in [3.05, 3.63) is 33.8 Å². The molecule has 1 heterocycles. The number of fused-ring (bicyclic) bond motifs is 1. The van der Waals surface area contributed by atoms with Crippen LogP contribution >= 0.6 is 23.2 Å². The molecule has 0 radical (unpaired) electrons. The molecule has 2 saturated carbocycles. The van der Waals surface area contributed by atoms with Crippen molar-refractivity contribution in [1.29, 1.82) is 0 Å². The maximum atomic E-state index is 12.4. The van der Waals surface area contributed by atoms with Crippen molar-refractivity contribution in [2.75, 3.05) is 6.61 Å². The van der Waals surface area contributed by atoms with Gasteiger partial charge in [0, 0.05) is 16.5 Å². The summed E-state index contributed by atoms with van der Waals surface area (Å²) in [6.45, 7) is -0.404. The SMILES string of the molecule is O=C(COC(=O)[C@H]1[C@@H]2C[C@@H]3[C@@H]1C(=O)O[C@@H]3C2)c1ccc(Cl)cc1Cl. The molecule has 0 amide bonds. The van der Waals surface area contributed by atoms with Gasteiger partial charge in [-0.25, -0.2) is 0 Å². The van der Waals surface area contributed by atoms with E-state index in [2.05, 4.69) is 0 Å². The van der Waals surface area contributed by atoms with E-state index in [1.54, 1.807) is 6.07 Å². The van der Waals surface area contributed by atoms with E-state index in [9.17, 15) is 14.4 Å². The summed E-state index contributed by atoms with van der Waals surface area (Å²) in [7, 11) is 0.